The van der Waals surface area contributed by atoms with Crippen LogP contribution in [0.15, 0.2) is 24.5 Å². The van der Waals surface area contributed by atoms with Crippen LogP contribution in [0.3, 0.4) is 0 Å². The first-order valence-corrected chi connectivity index (χ1v) is 6.11. The minimum Gasteiger partial charge on any atom is -0.494 e. The third-order valence-electron chi connectivity index (χ3n) is 2.78. The van der Waals surface area contributed by atoms with Gasteiger partial charge < -0.3 is 10.5 Å². The van der Waals surface area contributed by atoms with E-state index in [0.717, 1.165) is 23.2 Å². The van der Waals surface area contributed by atoms with Crippen LogP contribution < -0.4 is 10.5 Å². The van der Waals surface area contributed by atoms with Crippen LogP contribution in [0.2, 0.25) is 5.02 Å². The van der Waals surface area contributed by atoms with Crippen molar-refractivity contribution in [3.8, 4) is 11.4 Å². The highest BCUT2D eigenvalue weighted by molar-refractivity contribution is 6.31. The molecule has 4 nitrogen and oxygen atoms in total. The summed E-state index contributed by atoms with van der Waals surface area (Å²) >= 11 is 6.08. The second kappa shape index (κ2) is 5.42. The van der Waals surface area contributed by atoms with Crippen LogP contribution >= 0.6 is 11.6 Å². The van der Waals surface area contributed by atoms with Gasteiger partial charge in [0.05, 0.1) is 13.3 Å². The maximum atomic E-state index is 6.08. The van der Waals surface area contributed by atoms with Gasteiger partial charge in [-0.2, -0.15) is 5.10 Å². The summed E-state index contributed by atoms with van der Waals surface area (Å²) in [5, 5.41) is 5.01. The highest BCUT2D eigenvalue weighted by Gasteiger charge is 2.10. The largest absolute Gasteiger partial charge is 0.494 e. The third kappa shape index (κ3) is 2.49. The van der Waals surface area contributed by atoms with E-state index < -0.39 is 0 Å². The lowest BCUT2D eigenvalue weighted by atomic mass is 10.2. The predicted molar refractivity (Wildman–Crippen MR) is 72.6 cm³/mol. The molecule has 18 heavy (non-hydrogen) atoms. The number of halogens is 1. The van der Waals surface area contributed by atoms with Crippen molar-refractivity contribution >= 4 is 11.6 Å². The monoisotopic (exact) mass is 265 g/mol. The molecule has 0 amide bonds. The molecule has 0 spiro atoms. The van der Waals surface area contributed by atoms with E-state index in [4.69, 9.17) is 22.1 Å². The molecule has 0 fully saturated rings. The Labute approximate surface area is 111 Å². The fraction of sp³-hybridized carbons (Fsp3) is 0.308. The minimum absolute atomic E-state index is 0.614. The molecule has 0 radical (unpaired) electrons. The van der Waals surface area contributed by atoms with Crippen molar-refractivity contribution in [2.24, 2.45) is 5.73 Å². The number of nitrogens with two attached hydrogens (primary N) is 1. The van der Waals surface area contributed by atoms with Crippen molar-refractivity contribution in [1.82, 2.24) is 9.78 Å². The summed E-state index contributed by atoms with van der Waals surface area (Å²) in [4.78, 5) is 0. The molecule has 2 aromatic rings. The first kappa shape index (κ1) is 12.9. The smallest absolute Gasteiger partial charge is 0.146 e. The summed E-state index contributed by atoms with van der Waals surface area (Å²) < 4.78 is 7.12. The van der Waals surface area contributed by atoms with Crippen LogP contribution in [0.25, 0.3) is 5.69 Å². The van der Waals surface area contributed by atoms with Gasteiger partial charge in [-0.3, -0.25) is 0 Å². The maximum absolute atomic E-state index is 6.08. The van der Waals surface area contributed by atoms with Gasteiger partial charge in [0, 0.05) is 17.3 Å². The Morgan fingerprint density at radius 2 is 2.22 bits per heavy atom. The van der Waals surface area contributed by atoms with E-state index in [1.165, 1.54) is 0 Å². The minimum atomic E-state index is 0.614. The Bertz CT molecular complexity index is 551. The second-order valence-electron chi connectivity index (χ2n) is 4.11. The van der Waals surface area contributed by atoms with Crippen molar-refractivity contribution in [2.45, 2.75) is 13.3 Å². The van der Waals surface area contributed by atoms with Gasteiger partial charge in [-0.05, 0) is 37.1 Å². The van der Waals surface area contributed by atoms with Crippen molar-refractivity contribution in [3.63, 3.8) is 0 Å². The van der Waals surface area contributed by atoms with Gasteiger partial charge in [0.25, 0.3) is 0 Å². The standard InChI is InChI=1S/C13H16ClN3O/c1-9-5-12(13(18-2)6-11(9)14)17-8-10(3-4-15)7-16-17/h5-8H,3-4,15H2,1-2H3. The summed E-state index contributed by atoms with van der Waals surface area (Å²) in [6.45, 7) is 2.57. The lowest BCUT2D eigenvalue weighted by molar-refractivity contribution is 0.411. The van der Waals surface area contributed by atoms with Crippen LogP contribution in [0.1, 0.15) is 11.1 Å². The molecule has 0 atom stereocenters. The number of hydrogen-bond acceptors (Lipinski definition) is 3. The number of hydrogen-bond donors (Lipinski definition) is 1. The molecule has 0 saturated carbocycles. The number of ether oxygens (including phenoxy) is 1. The lowest BCUT2D eigenvalue weighted by Gasteiger charge is -2.10. The Morgan fingerprint density at radius 3 is 2.89 bits per heavy atom. The summed E-state index contributed by atoms with van der Waals surface area (Å²) in [6, 6.07) is 3.76. The molecule has 96 valence electrons. The average molecular weight is 266 g/mol. The zero-order valence-electron chi connectivity index (χ0n) is 10.5. The Balaban J connectivity index is 2.45. The van der Waals surface area contributed by atoms with Crippen molar-refractivity contribution in [3.05, 3.63) is 40.7 Å². The quantitative estimate of drug-likeness (QED) is 0.923. The average Bonchev–Trinajstić information content (AvgIpc) is 2.81. The van der Waals surface area contributed by atoms with Gasteiger partial charge in [0.15, 0.2) is 0 Å². The molecule has 5 heteroatoms. The first-order valence-electron chi connectivity index (χ1n) is 5.74. The molecule has 0 aliphatic carbocycles. The molecule has 2 rings (SSSR count). The summed E-state index contributed by atoms with van der Waals surface area (Å²) in [5.74, 6) is 0.702. The molecule has 0 bridgehead atoms. The molecular formula is C13H16ClN3O. The van der Waals surface area contributed by atoms with Gasteiger partial charge in [-0.1, -0.05) is 11.6 Å². The second-order valence-corrected chi connectivity index (χ2v) is 4.51. The normalized spacial score (nSPS) is 10.7. The Hall–Kier alpha value is -1.52. The molecule has 0 aliphatic rings. The molecule has 1 aromatic heterocycles. The van der Waals surface area contributed by atoms with E-state index in [2.05, 4.69) is 5.10 Å². The zero-order chi connectivity index (χ0) is 13.1. The van der Waals surface area contributed by atoms with Gasteiger partial charge in [-0.15, -0.1) is 0 Å². The topological polar surface area (TPSA) is 53.1 Å². The van der Waals surface area contributed by atoms with Crippen LogP contribution in [-0.2, 0) is 6.42 Å². The number of rotatable bonds is 4. The van der Waals surface area contributed by atoms with Crippen LogP contribution in [0.4, 0.5) is 0 Å². The van der Waals surface area contributed by atoms with Gasteiger partial charge in [0.1, 0.15) is 11.4 Å². The predicted octanol–water partition coefficient (Wildman–Crippen LogP) is 2.34. The molecular weight excluding hydrogens is 250 g/mol. The van der Waals surface area contributed by atoms with E-state index in [-0.39, 0.29) is 0 Å². The van der Waals surface area contributed by atoms with Crippen molar-refractivity contribution in [1.29, 1.82) is 0 Å². The highest BCUT2D eigenvalue weighted by atomic mass is 35.5. The Morgan fingerprint density at radius 1 is 1.44 bits per heavy atom. The SMILES string of the molecule is COc1cc(Cl)c(C)cc1-n1cc(CCN)cn1. The van der Waals surface area contributed by atoms with Crippen molar-refractivity contribution in [2.75, 3.05) is 13.7 Å². The molecule has 2 N–H and O–H groups in total. The van der Waals surface area contributed by atoms with Gasteiger partial charge in [0.2, 0.25) is 0 Å². The fourth-order valence-electron chi connectivity index (χ4n) is 1.78. The molecule has 0 saturated heterocycles. The summed E-state index contributed by atoms with van der Waals surface area (Å²) in [7, 11) is 1.62. The van der Waals surface area contributed by atoms with Crippen LogP contribution in [-0.4, -0.2) is 23.4 Å². The van der Waals surface area contributed by atoms with Crippen molar-refractivity contribution < 1.29 is 4.74 Å². The number of aromatic nitrogens is 2. The Kier molecular flexibility index (Phi) is 3.89. The lowest BCUT2D eigenvalue weighted by Crippen LogP contribution is -2.02. The van der Waals surface area contributed by atoms with Crippen LogP contribution in [0, 0.1) is 6.92 Å². The number of methoxy groups -OCH3 is 1. The molecule has 0 unspecified atom stereocenters. The van der Waals surface area contributed by atoms with E-state index in [0.29, 0.717) is 17.3 Å². The molecule has 0 aliphatic heterocycles. The summed E-state index contributed by atoms with van der Waals surface area (Å²) in [5.41, 5.74) is 8.50. The molecule has 1 heterocycles. The number of nitrogens with zero attached hydrogens (tertiary/aromatic N) is 2. The van der Waals surface area contributed by atoms with Gasteiger partial charge >= 0.3 is 0 Å². The highest BCUT2D eigenvalue weighted by Crippen LogP contribution is 2.29. The van der Waals surface area contributed by atoms with Gasteiger partial charge in [-0.25, -0.2) is 4.68 Å². The van der Waals surface area contributed by atoms with E-state index in [9.17, 15) is 0 Å². The third-order valence-corrected chi connectivity index (χ3v) is 3.18. The number of aryl methyl sites for hydroxylation is 1. The summed E-state index contributed by atoms with van der Waals surface area (Å²) in [6.07, 6.45) is 4.59. The van der Waals surface area contributed by atoms with Crippen LogP contribution in [0.5, 0.6) is 5.75 Å². The van der Waals surface area contributed by atoms with E-state index >= 15 is 0 Å². The van der Waals surface area contributed by atoms with E-state index in [1.54, 1.807) is 17.9 Å². The fourth-order valence-corrected chi connectivity index (χ4v) is 1.93. The van der Waals surface area contributed by atoms with E-state index in [1.807, 2.05) is 25.4 Å². The number of benzene rings is 1. The first-order chi connectivity index (χ1) is 8.65. The maximum Gasteiger partial charge on any atom is 0.146 e. The zero-order valence-corrected chi connectivity index (χ0v) is 11.2. The molecule has 1 aromatic carbocycles.